The zero-order valence-electron chi connectivity index (χ0n) is 11.3. The van der Waals surface area contributed by atoms with Crippen molar-refractivity contribution in [1.29, 1.82) is 0 Å². The first kappa shape index (κ1) is 14.3. The van der Waals surface area contributed by atoms with Crippen LogP contribution in [-0.4, -0.2) is 46.1 Å². The molecule has 0 radical (unpaired) electrons. The molecule has 0 unspecified atom stereocenters. The maximum absolute atomic E-state index is 5.53. The standard InChI is InChI=1S/C16H18NOPSe/c20-19(15-7-3-1-4-8-15,16-9-5-2-6-10-16)17-11-13-18-14-12-17/h1-10H,11-14H2. The number of ether oxygens (including phenoxy) is 1. The van der Waals surface area contributed by atoms with Gasteiger partial charge in [-0.05, 0) is 0 Å². The quantitative estimate of drug-likeness (QED) is 0.620. The third-order valence-corrected chi connectivity index (χ3v) is 10.9. The Morgan fingerprint density at radius 1 is 0.800 bits per heavy atom. The number of hydrogen-bond donors (Lipinski definition) is 0. The van der Waals surface area contributed by atoms with Crippen LogP contribution in [0, 0.1) is 0 Å². The molecular formula is C16H18NOPSe. The van der Waals surface area contributed by atoms with Gasteiger partial charge in [-0.2, -0.15) is 0 Å². The van der Waals surface area contributed by atoms with Crippen LogP contribution in [0.25, 0.3) is 0 Å². The van der Waals surface area contributed by atoms with Crippen LogP contribution in [0.15, 0.2) is 60.7 Å². The van der Waals surface area contributed by atoms with Gasteiger partial charge in [0.2, 0.25) is 0 Å². The fourth-order valence-corrected chi connectivity index (χ4v) is 7.96. The molecule has 4 heteroatoms. The molecule has 0 aliphatic carbocycles. The molecule has 0 aromatic heterocycles. The summed E-state index contributed by atoms with van der Waals surface area (Å²) in [7, 11) is 0. The third-order valence-electron chi connectivity index (χ3n) is 3.60. The fourth-order valence-electron chi connectivity index (χ4n) is 2.57. The molecular weight excluding hydrogens is 332 g/mol. The van der Waals surface area contributed by atoms with Gasteiger partial charge in [-0.15, -0.1) is 0 Å². The van der Waals surface area contributed by atoms with Crippen LogP contribution in [0.4, 0.5) is 0 Å². The fraction of sp³-hybridized carbons (Fsp3) is 0.250. The van der Waals surface area contributed by atoms with Gasteiger partial charge in [-0.1, -0.05) is 0 Å². The Morgan fingerprint density at radius 3 is 1.70 bits per heavy atom. The van der Waals surface area contributed by atoms with Crippen molar-refractivity contribution in [2.45, 2.75) is 0 Å². The van der Waals surface area contributed by atoms with E-state index in [9.17, 15) is 0 Å². The Hall–Kier alpha value is -0.691. The second-order valence-electron chi connectivity index (χ2n) is 4.81. The SMILES string of the molecule is [Se]=P(c1ccccc1)(c1ccccc1)N1CCOCC1. The van der Waals surface area contributed by atoms with E-state index in [1.807, 2.05) is 0 Å². The molecule has 0 bridgehead atoms. The van der Waals surface area contributed by atoms with E-state index < -0.39 is 5.66 Å². The van der Waals surface area contributed by atoms with Crippen molar-refractivity contribution in [3.63, 3.8) is 0 Å². The van der Waals surface area contributed by atoms with E-state index in [-0.39, 0.29) is 0 Å². The third kappa shape index (κ3) is 2.70. The first-order valence-electron chi connectivity index (χ1n) is 6.86. The Balaban J connectivity index is 2.10. The van der Waals surface area contributed by atoms with Crippen LogP contribution in [-0.2, 0) is 4.74 Å². The van der Waals surface area contributed by atoms with Gasteiger partial charge in [0.05, 0.1) is 0 Å². The second kappa shape index (κ2) is 6.39. The van der Waals surface area contributed by atoms with Crippen LogP contribution < -0.4 is 10.6 Å². The van der Waals surface area contributed by atoms with Crippen molar-refractivity contribution in [2.75, 3.05) is 26.3 Å². The van der Waals surface area contributed by atoms with Gasteiger partial charge in [0.25, 0.3) is 0 Å². The van der Waals surface area contributed by atoms with Gasteiger partial charge in [-0.3, -0.25) is 0 Å². The van der Waals surface area contributed by atoms with E-state index in [1.165, 1.54) is 10.6 Å². The predicted octanol–water partition coefficient (Wildman–Crippen LogP) is 1.99. The van der Waals surface area contributed by atoms with E-state index in [0.29, 0.717) is 0 Å². The number of benzene rings is 2. The molecule has 1 aliphatic rings. The summed E-state index contributed by atoms with van der Waals surface area (Å²) < 4.78 is 8.11. The summed E-state index contributed by atoms with van der Waals surface area (Å²) in [5.41, 5.74) is -1.62. The van der Waals surface area contributed by atoms with Gasteiger partial charge in [0.1, 0.15) is 0 Å². The molecule has 2 nitrogen and oxygen atoms in total. The minimum absolute atomic E-state index is 0.823. The van der Waals surface area contributed by atoms with Crippen LogP contribution >= 0.6 is 5.66 Å². The first-order valence-corrected chi connectivity index (χ1v) is 10.8. The van der Waals surface area contributed by atoms with Gasteiger partial charge in [0, 0.05) is 0 Å². The molecule has 1 saturated heterocycles. The zero-order valence-corrected chi connectivity index (χ0v) is 13.9. The zero-order chi connectivity index (χ0) is 13.8. The summed E-state index contributed by atoms with van der Waals surface area (Å²) >= 11 is 3.57. The molecule has 104 valence electrons. The molecule has 3 rings (SSSR count). The van der Waals surface area contributed by atoms with Crippen LogP contribution in [0.2, 0.25) is 0 Å². The van der Waals surface area contributed by atoms with Crippen LogP contribution in [0.1, 0.15) is 0 Å². The first-order chi connectivity index (χ1) is 9.82. The number of hydrogen-bond acceptors (Lipinski definition) is 2. The van der Waals surface area contributed by atoms with Crippen molar-refractivity contribution in [3.05, 3.63) is 60.7 Å². The summed E-state index contributed by atoms with van der Waals surface area (Å²) in [6, 6.07) is 21.7. The van der Waals surface area contributed by atoms with E-state index >= 15 is 0 Å². The maximum atomic E-state index is 5.53. The topological polar surface area (TPSA) is 12.5 Å². The summed E-state index contributed by atoms with van der Waals surface area (Å²) in [4.78, 5) is 0. The summed E-state index contributed by atoms with van der Waals surface area (Å²) in [6.45, 7) is 3.63. The van der Waals surface area contributed by atoms with Gasteiger partial charge in [-0.25, -0.2) is 0 Å². The van der Waals surface area contributed by atoms with E-state index in [2.05, 4.69) is 80.4 Å². The Bertz CT molecular complexity index is 553. The molecule has 1 heterocycles. The normalized spacial score (nSPS) is 17.0. The van der Waals surface area contributed by atoms with Crippen molar-refractivity contribution in [2.24, 2.45) is 0 Å². The Labute approximate surface area is 128 Å². The predicted molar refractivity (Wildman–Crippen MR) is 87.2 cm³/mol. The number of morpholine rings is 1. The molecule has 1 aliphatic heterocycles. The Morgan fingerprint density at radius 2 is 1.25 bits per heavy atom. The average Bonchev–Trinajstić information content (AvgIpc) is 2.56. The van der Waals surface area contributed by atoms with E-state index in [4.69, 9.17) is 4.74 Å². The molecule has 2 aromatic rings. The summed E-state index contributed by atoms with van der Waals surface area (Å²) in [6.07, 6.45) is 0. The molecule has 20 heavy (non-hydrogen) atoms. The molecule has 0 spiro atoms. The van der Waals surface area contributed by atoms with E-state index in [1.54, 1.807) is 0 Å². The molecule has 0 N–H and O–H groups in total. The van der Waals surface area contributed by atoms with Gasteiger partial charge in [0.15, 0.2) is 0 Å². The summed E-state index contributed by atoms with van der Waals surface area (Å²) in [5, 5.41) is 2.79. The summed E-state index contributed by atoms with van der Waals surface area (Å²) in [5.74, 6) is 0. The van der Waals surface area contributed by atoms with Crippen molar-refractivity contribution >= 4 is 31.4 Å². The van der Waals surface area contributed by atoms with Crippen molar-refractivity contribution in [3.8, 4) is 0 Å². The minimum atomic E-state index is -1.62. The van der Waals surface area contributed by atoms with E-state index in [0.717, 1.165) is 26.3 Å². The Kier molecular flexibility index (Phi) is 4.55. The molecule has 2 aromatic carbocycles. The molecule has 0 saturated carbocycles. The molecule has 0 atom stereocenters. The van der Waals surface area contributed by atoms with Crippen LogP contribution in [0.3, 0.4) is 0 Å². The van der Waals surface area contributed by atoms with Crippen molar-refractivity contribution < 1.29 is 4.74 Å². The second-order valence-corrected chi connectivity index (χ2v) is 10.9. The van der Waals surface area contributed by atoms with Crippen LogP contribution in [0.5, 0.6) is 0 Å². The van der Waals surface area contributed by atoms with Gasteiger partial charge < -0.3 is 0 Å². The van der Waals surface area contributed by atoms with Crippen molar-refractivity contribution in [1.82, 2.24) is 4.67 Å². The van der Waals surface area contributed by atoms with Gasteiger partial charge >= 0.3 is 128 Å². The monoisotopic (exact) mass is 351 g/mol. The average molecular weight is 350 g/mol. The molecule has 1 fully saturated rings. The number of rotatable bonds is 3. The molecule has 0 amide bonds. The number of nitrogens with zero attached hydrogens (tertiary/aromatic N) is 1.